The highest BCUT2D eigenvalue weighted by atomic mass is 16.5. The summed E-state index contributed by atoms with van der Waals surface area (Å²) >= 11 is 0. The van der Waals surface area contributed by atoms with Gasteiger partial charge in [0, 0.05) is 24.4 Å². The number of aryl methyl sites for hydroxylation is 1. The van der Waals surface area contributed by atoms with Crippen LogP contribution in [0.3, 0.4) is 0 Å². The molecule has 4 N–H and O–H groups in total. The van der Waals surface area contributed by atoms with E-state index in [0.29, 0.717) is 13.0 Å². The maximum atomic E-state index is 11.2. The van der Waals surface area contributed by atoms with Crippen molar-refractivity contribution in [2.45, 2.75) is 44.9 Å². The van der Waals surface area contributed by atoms with Crippen molar-refractivity contribution >= 4 is 24.0 Å². The fourth-order valence-electron chi connectivity index (χ4n) is 3.98. The summed E-state index contributed by atoms with van der Waals surface area (Å²) in [6.45, 7) is 0.545. The molecular weight excluding hydrogens is 470 g/mol. The number of ether oxygens (including phenoxy) is 1. The largest absolute Gasteiger partial charge is 0.493 e. The summed E-state index contributed by atoms with van der Waals surface area (Å²) in [6.07, 6.45) is 12.4. The van der Waals surface area contributed by atoms with Crippen molar-refractivity contribution in [3.63, 3.8) is 0 Å². The highest BCUT2D eigenvalue weighted by Crippen LogP contribution is 2.24. The van der Waals surface area contributed by atoms with Gasteiger partial charge in [-0.1, -0.05) is 48.9 Å². The molecule has 1 aromatic heterocycles. The molecule has 1 unspecified atom stereocenters. The lowest BCUT2D eigenvalue weighted by Crippen LogP contribution is -2.04. The number of benzene rings is 2. The summed E-state index contributed by atoms with van der Waals surface area (Å²) in [7, 11) is 0. The Morgan fingerprint density at radius 1 is 0.946 bits per heavy atom. The molecule has 0 saturated heterocycles. The molecule has 0 fully saturated rings. The molecule has 0 saturated carbocycles. The Kier molecular flexibility index (Phi) is 10.6. The van der Waals surface area contributed by atoms with Crippen LogP contribution in [0.1, 0.15) is 59.2 Å². The van der Waals surface area contributed by atoms with Crippen molar-refractivity contribution in [2.75, 3.05) is 12.3 Å². The minimum atomic E-state index is -0.949. The number of hydrogen-bond acceptors (Lipinski definition) is 6. The van der Waals surface area contributed by atoms with Gasteiger partial charge in [-0.05, 0) is 67.3 Å². The second kappa shape index (κ2) is 14.4. The molecule has 0 spiro atoms. The van der Waals surface area contributed by atoms with Crippen LogP contribution in [-0.4, -0.2) is 38.7 Å². The smallest absolute Gasteiger partial charge is 0.335 e. The number of para-hydroxylation sites is 1. The van der Waals surface area contributed by atoms with E-state index >= 15 is 0 Å². The van der Waals surface area contributed by atoms with Gasteiger partial charge in [-0.2, -0.15) is 0 Å². The van der Waals surface area contributed by atoms with Crippen molar-refractivity contribution in [1.82, 2.24) is 9.97 Å². The SMILES string of the molecule is Nc1ncc(CCCOc2ccccc2C=CC(CCCCC(=O)O)Cc2ccc(C(=O)O)cc2)cn1. The zero-order chi connectivity index (χ0) is 26.5. The zero-order valence-corrected chi connectivity index (χ0v) is 20.8. The van der Waals surface area contributed by atoms with Gasteiger partial charge in [-0.15, -0.1) is 0 Å². The number of aromatic nitrogens is 2. The Bertz CT molecular complexity index is 1180. The molecule has 1 heterocycles. The highest BCUT2D eigenvalue weighted by molar-refractivity contribution is 5.87. The van der Waals surface area contributed by atoms with E-state index in [-0.39, 0.29) is 23.9 Å². The molecule has 194 valence electrons. The number of unbranched alkanes of at least 4 members (excludes halogenated alkanes) is 1. The Labute approximate surface area is 216 Å². The Morgan fingerprint density at radius 2 is 1.68 bits per heavy atom. The van der Waals surface area contributed by atoms with Crippen LogP contribution in [-0.2, 0) is 17.6 Å². The minimum absolute atomic E-state index is 0.156. The fraction of sp³-hybridized carbons (Fsp3) is 0.310. The number of anilines is 1. The van der Waals surface area contributed by atoms with Gasteiger partial charge in [0.2, 0.25) is 5.95 Å². The van der Waals surface area contributed by atoms with E-state index in [2.05, 4.69) is 22.1 Å². The summed E-state index contributed by atoms with van der Waals surface area (Å²) in [6, 6.07) is 14.8. The average molecular weight is 504 g/mol. The Balaban J connectivity index is 1.62. The van der Waals surface area contributed by atoms with Crippen LogP contribution in [0.4, 0.5) is 5.95 Å². The third-order valence-corrected chi connectivity index (χ3v) is 5.97. The normalized spacial score (nSPS) is 11.9. The van der Waals surface area contributed by atoms with Crippen LogP contribution in [0.5, 0.6) is 5.75 Å². The second-order valence-corrected chi connectivity index (χ2v) is 8.90. The van der Waals surface area contributed by atoms with Gasteiger partial charge in [0.15, 0.2) is 0 Å². The molecule has 0 bridgehead atoms. The third-order valence-electron chi connectivity index (χ3n) is 5.97. The first-order chi connectivity index (χ1) is 17.9. The minimum Gasteiger partial charge on any atom is -0.493 e. The van der Waals surface area contributed by atoms with Gasteiger partial charge in [-0.25, -0.2) is 14.8 Å². The number of aliphatic carboxylic acids is 1. The van der Waals surface area contributed by atoms with Crippen molar-refractivity contribution in [1.29, 1.82) is 0 Å². The highest BCUT2D eigenvalue weighted by Gasteiger charge is 2.10. The van der Waals surface area contributed by atoms with E-state index in [0.717, 1.165) is 54.5 Å². The molecule has 0 aliphatic heterocycles. The topological polar surface area (TPSA) is 136 Å². The molecule has 3 aromatic rings. The standard InChI is InChI=1S/C29H33N3O5/c30-29-31-19-23(20-32-29)7-5-17-37-26-9-3-2-8-24(26)14-11-21(6-1-4-10-27(33)34)18-22-12-15-25(16-13-22)28(35)36/h2-3,8-9,11-16,19-21H,1,4-7,10,17-18H2,(H,33,34)(H,35,36)(H2,30,31,32). The molecule has 3 rings (SSSR count). The molecule has 2 aromatic carbocycles. The molecule has 0 amide bonds. The maximum Gasteiger partial charge on any atom is 0.335 e. The molecular formula is C29H33N3O5. The first-order valence-corrected chi connectivity index (χ1v) is 12.4. The monoisotopic (exact) mass is 503 g/mol. The fourth-order valence-corrected chi connectivity index (χ4v) is 3.98. The lowest BCUT2D eigenvalue weighted by Gasteiger charge is -2.14. The zero-order valence-electron chi connectivity index (χ0n) is 20.8. The van der Waals surface area contributed by atoms with Crippen LogP contribution in [0.15, 0.2) is 67.0 Å². The van der Waals surface area contributed by atoms with E-state index in [9.17, 15) is 9.59 Å². The van der Waals surface area contributed by atoms with Crippen LogP contribution < -0.4 is 10.5 Å². The van der Waals surface area contributed by atoms with Crippen molar-refractivity contribution in [3.05, 3.63) is 89.3 Å². The van der Waals surface area contributed by atoms with Crippen molar-refractivity contribution in [2.24, 2.45) is 5.92 Å². The first kappa shape index (κ1) is 27.4. The van der Waals surface area contributed by atoms with E-state index in [1.165, 1.54) is 0 Å². The summed E-state index contributed by atoms with van der Waals surface area (Å²) in [5.41, 5.74) is 8.80. The van der Waals surface area contributed by atoms with E-state index in [4.69, 9.17) is 20.7 Å². The lowest BCUT2D eigenvalue weighted by atomic mass is 9.92. The molecule has 1 atom stereocenters. The van der Waals surface area contributed by atoms with Crippen LogP contribution >= 0.6 is 0 Å². The van der Waals surface area contributed by atoms with Gasteiger partial charge in [0.05, 0.1) is 12.2 Å². The predicted molar refractivity (Wildman–Crippen MR) is 142 cm³/mol. The number of aromatic carboxylic acids is 1. The molecule has 8 heteroatoms. The van der Waals surface area contributed by atoms with E-state index in [1.54, 1.807) is 24.5 Å². The molecule has 8 nitrogen and oxygen atoms in total. The number of rotatable bonds is 15. The number of nitrogens with zero attached hydrogens (tertiary/aromatic N) is 2. The maximum absolute atomic E-state index is 11.2. The quantitative estimate of drug-likeness (QED) is 0.238. The second-order valence-electron chi connectivity index (χ2n) is 8.90. The van der Waals surface area contributed by atoms with Crippen LogP contribution in [0.25, 0.3) is 6.08 Å². The summed E-state index contributed by atoms with van der Waals surface area (Å²) in [4.78, 5) is 30.1. The number of hydrogen-bond donors (Lipinski definition) is 3. The molecule has 0 radical (unpaired) electrons. The molecule has 0 aliphatic rings. The Morgan fingerprint density at radius 3 is 2.38 bits per heavy atom. The van der Waals surface area contributed by atoms with Crippen molar-refractivity contribution < 1.29 is 24.5 Å². The van der Waals surface area contributed by atoms with Gasteiger partial charge < -0.3 is 20.7 Å². The number of allylic oxidation sites excluding steroid dienone is 1. The molecule has 37 heavy (non-hydrogen) atoms. The molecule has 0 aliphatic carbocycles. The van der Waals surface area contributed by atoms with E-state index in [1.807, 2.05) is 36.4 Å². The van der Waals surface area contributed by atoms with Crippen LogP contribution in [0, 0.1) is 5.92 Å². The number of carboxylic acids is 2. The number of nitrogens with two attached hydrogens (primary N) is 1. The summed E-state index contributed by atoms with van der Waals surface area (Å²) in [5, 5.41) is 18.1. The van der Waals surface area contributed by atoms with Crippen molar-refractivity contribution in [3.8, 4) is 5.75 Å². The predicted octanol–water partition coefficient (Wildman–Crippen LogP) is 5.29. The number of carbonyl (C=O) groups is 2. The number of carboxylic acid groups (broad SMARTS) is 2. The average Bonchev–Trinajstić information content (AvgIpc) is 2.89. The lowest BCUT2D eigenvalue weighted by molar-refractivity contribution is -0.137. The van der Waals surface area contributed by atoms with Gasteiger partial charge in [0.1, 0.15) is 5.75 Å². The van der Waals surface area contributed by atoms with Gasteiger partial charge in [-0.3, -0.25) is 4.79 Å². The van der Waals surface area contributed by atoms with Crippen LogP contribution in [0.2, 0.25) is 0 Å². The van der Waals surface area contributed by atoms with E-state index < -0.39 is 11.9 Å². The van der Waals surface area contributed by atoms with Gasteiger partial charge in [0.25, 0.3) is 0 Å². The summed E-state index contributed by atoms with van der Waals surface area (Å²) in [5.74, 6) is -0.509. The van der Waals surface area contributed by atoms with Gasteiger partial charge >= 0.3 is 11.9 Å². The Hall–Kier alpha value is -4.20. The number of nitrogen functional groups attached to an aromatic ring is 1. The third kappa shape index (κ3) is 9.76. The first-order valence-electron chi connectivity index (χ1n) is 12.4. The summed E-state index contributed by atoms with van der Waals surface area (Å²) < 4.78 is 6.06.